The Morgan fingerprint density at radius 1 is 0.667 bits per heavy atom. The number of carbonyl (C=O) groups excluding carboxylic acids is 1. The first-order valence-electron chi connectivity index (χ1n) is 6.30. The van der Waals surface area contributed by atoms with Crippen molar-refractivity contribution in [2.24, 2.45) is 0 Å². The Hall–Kier alpha value is -2.74. The average Bonchev–Trinajstić information content (AvgIpc) is 2.34. The molecule has 0 rings (SSSR count). The van der Waals surface area contributed by atoms with E-state index in [4.69, 9.17) is 25.5 Å². The van der Waals surface area contributed by atoms with E-state index in [0.29, 0.717) is 0 Å². The maximum atomic E-state index is 11.7. The van der Waals surface area contributed by atoms with Crippen molar-refractivity contribution in [2.75, 3.05) is 0 Å². The van der Waals surface area contributed by atoms with Crippen LogP contribution in [0.4, 0.5) is 0 Å². The van der Waals surface area contributed by atoms with Gasteiger partial charge in [0, 0.05) is 17.1 Å². The van der Waals surface area contributed by atoms with Gasteiger partial charge in [-0.25, -0.2) is 9.59 Å². The number of carboxylic acid groups (broad SMARTS) is 5. The molecule has 0 amide bonds. The van der Waals surface area contributed by atoms with Gasteiger partial charge in [0.1, 0.15) is 0 Å². The molecule has 0 bridgehead atoms. The summed E-state index contributed by atoms with van der Waals surface area (Å²) in [4.78, 5) is 66.0. The molecule has 0 aliphatic carbocycles. The third-order valence-corrected chi connectivity index (χ3v) is 2.85. The molecule has 156 valence electrons. The molecule has 0 aliphatic heterocycles. The normalized spacial score (nSPS) is 12.3. The van der Waals surface area contributed by atoms with Crippen molar-refractivity contribution in [3.8, 4) is 0 Å². The van der Waals surface area contributed by atoms with Crippen LogP contribution >= 0.6 is 0 Å². The zero-order chi connectivity index (χ0) is 20.0. The quantitative estimate of drug-likeness (QED) is 0.137. The first-order chi connectivity index (χ1) is 11.2. The minimum absolute atomic E-state index is 0. The van der Waals surface area contributed by atoms with Crippen molar-refractivity contribution in [1.82, 2.24) is 6.15 Å². The van der Waals surface area contributed by atoms with Crippen LogP contribution < -0.4 is 6.15 Å². The second-order valence-corrected chi connectivity index (χ2v) is 5.00. The number of aliphatic carboxylic acids is 5. The molecule has 27 heavy (non-hydrogen) atoms. The molecule has 0 radical (unpaired) electrons. The molecule has 0 saturated heterocycles. The fourth-order valence-corrected chi connectivity index (χ4v) is 1.77. The minimum atomic E-state index is -3.17. The van der Waals surface area contributed by atoms with Crippen LogP contribution in [0.3, 0.4) is 0 Å². The topological polar surface area (TPSA) is 268 Å². The number of esters is 1. The minimum Gasteiger partial charge on any atom is -0.481 e. The summed E-state index contributed by atoms with van der Waals surface area (Å²) >= 11 is 0. The maximum absolute atomic E-state index is 11.7. The van der Waals surface area contributed by atoms with Gasteiger partial charge in [-0.1, -0.05) is 0 Å². The number of carboxylic acids is 5. The predicted molar refractivity (Wildman–Crippen MR) is 75.4 cm³/mol. The summed E-state index contributed by atoms with van der Waals surface area (Å²) in [6.45, 7) is 0. The number of ether oxygens (including phenoxy) is 1. The van der Waals surface area contributed by atoms with E-state index in [0.717, 1.165) is 0 Å². The largest absolute Gasteiger partial charge is 0.481 e. The SMILES string of the molecule is N.O=C(O)CC(O)(CC(=O)OC(CC(=O)O)(CC(=O)O)C(=O)O)C(=O)O.[Fe]. The molecular formula is C12H17FeNO13. The summed E-state index contributed by atoms with van der Waals surface area (Å²) in [7, 11) is 0. The Kier molecular flexibility index (Phi) is 11.9. The number of hydrogen-bond acceptors (Lipinski definition) is 9. The van der Waals surface area contributed by atoms with Crippen molar-refractivity contribution < 1.29 is 81.2 Å². The predicted octanol–water partition coefficient (Wildman–Crippen LogP) is -1.86. The maximum Gasteiger partial charge on any atom is 0.349 e. The molecule has 0 fully saturated rings. The number of aliphatic hydroxyl groups is 1. The first kappa shape index (κ1) is 29.0. The fraction of sp³-hybridized carbons (Fsp3) is 0.500. The van der Waals surface area contributed by atoms with Crippen LogP contribution in [-0.2, 0) is 50.6 Å². The van der Waals surface area contributed by atoms with Gasteiger partial charge in [0.25, 0.3) is 0 Å². The van der Waals surface area contributed by atoms with Gasteiger partial charge in [-0.05, 0) is 0 Å². The summed E-state index contributed by atoms with van der Waals surface area (Å²) in [5, 5.41) is 53.5. The summed E-state index contributed by atoms with van der Waals surface area (Å²) in [5.41, 5.74) is -6.24. The summed E-state index contributed by atoms with van der Waals surface area (Å²) in [6.07, 6.45) is -5.94. The van der Waals surface area contributed by atoms with E-state index in [1.807, 2.05) is 0 Å². The molecule has 15 heteroatoms. The van der Waals surface area contributed by atoms with Gasteiger partial charge in [-0.2, -0.15) is 0 Å². The Balaban J connectivity index is -0.00000288. The molecule has 1 unspecified atom stereocenters. The van der Waals surface area contributed by atoms with Gasteiger partial charge in [-0.3, -0.25) is 19.2 Å². The van der Waals surface area contributed by atoms with E-state index < -0.39 is 72.7 Å². The Labute approximate surface area is 160 Å². The van der Waals surface area contributed by atoms with Crippen LogP contribution in [0, 0.1) is 0 Å². The second kappa shape index (κ2) is 11.1. The smallest absolute Gasteiger partial charge is 0.349 e. The Bertz CT molecular complexity index is 602. The van der Waals surface area contributed by atoms with Gasteiger partial charge in [-0.15, -0.1) is 0 Å². The van der Waals surface area contributed by atoms with Crippen LogP contribution in [0.2, 0.25) is 0 Å². The van der Waals surface area contributed by atoms with Gasteiger partial charge < -0.3 is 41.5 Å². The molecule has 0 aliphatic rings. The zero-order valence-electron chi connectivity index (χ0n) is 13.4. The van der Waals surface area contributed by atoms with Crippen LogP contribution in [0.25, 0.3) is 0 Å². The van der Waals surface area contributed by atoms with Crippen LogP contribution in [0.1, 0.15) is 25.7 Å². The molecule has 14 nitrogen and oxygen atoms in total. The van der Waals surface area contributed by atoms with Crippen LogP contribution in [-0.4, -0.2) is 77.7 Å². The standard InChI is InChI=1S/C12H14O13.Fe.H3N/c13-5(14)1-11(24,9(20)21)4-8(19)25-12(10(22)23,2-6(15)16)3-7(17)18;;/h24H,1-4H2,(H,13,14)(H,15,16)(H,17,18)(H,20,21)(H,22,23);;1H3. The van der Waals surface area contributed by atoms with Crippen molar-refractivity contribution in [2.45, 2.75) is 36.9 Å². The number of hydrogen-bond donors (Lipinski definition) is 7. The van der Waals surface area contributed by atoms with Gasteiger partial charge >= 0.3 is 35.8 Å². The Morgan fingerprint density at radius 2 is 1.04 bits per heavy atom. The van der Waals surface area contributed by atoms with Crippen molar-refractivity contribution in [3.63, 3.8) is 0 Å². The fourth-order valence-electron chi connectivity index (χ4n) is 1.77. The van der Waals surface area contributed by atoms with E-state index in [2.05, 4.69) is 4.74 Å². The van der Waals surface area contributed by atoms with E-state index in [9.17, 15) is 33.9 Å². The Morgan fingerprint density at radius 3 is 1.30 bits per heavy atom. The van der Waals surface area contributed by atoms with Crippen molar-refractivity contribution in [1.29, 1.82) is 0 Å². The van der Waals surface area contributed by atoms with Crippen molar-refractivity contribution in [3.05, 3.63) is 0 Å². The summed E-state index contributed by atoms with van der Waals surface area (Å²) in [6, 6.07) is 0. The average molecular weight is 439 g/mol. The third kappa shape index (κ3) is 8.96. The zero-order valence-corrected chi connectivity index (χ0v) is 14.5. The molecule has 0 aromatic heterocycles. The third-order valence-electron chi connectivity index (χ3n) is 2.85. The van der Waals surface area contributed by atoms with Gasteiger partial charge in [0.05, 0.1) is 25.7 Å². The summed E-state index contributed by atoms with van der Waals surface area (Å²) in [5.74, 6) is -11.6. The number of carbonyl (C=O) groups is 6. The molecule has 0 aromatic rings. The molecular weight excluding hydrogens is 422 g/mol. The molecule has 0 heterocycles. The molecule has 9 N–H and O–H groups in total. The van der Waals surface area contributed by atoms with Crippen LogP contribution in [0.5, 0.6) is 0 Å². The summed E-state index contributed by atoms with van der Waals surface area (Å²) < 4.78 is 4.33. The van der Waals surface area contributed by atoms with E-state index in [-0.39, 0.29) is 23.2 Å². The van der Waals surface area contributed by atoms with E-state index >= 15 is 0 Å². The van der Waals surface area contributed by atoms with E-state index in [1.165, 1.54) is 0 Å². The first-order valence-corrected chi connectivity index (χ1v) is 6.30. The molecule has 0 saturated carbocycles. The van der Waals surface area contributed by atoms with Gasteiger partial charge in [0.15, 0.2) is 5.60 Å². The van der Waals surface area contributed by atoms with Crippen molar-refractivity contribution >= 4 is 35.8 Å². The second-order valence-electron chi connectivity index (χ2n) is 5.00. The van der Waals surface area contributed by atoms with Gasteiger partial charge in [0.2, 0.25) is 5.60 Å². The number of rotatable bonds is 11. The van der Waals surface area contributed by atoms with Crippen LogP contribution in [0.15, 0.2) is 0 Å². The monoisotopic (exact) mass is 439 g/mol. The molecule has 0 spiro atoms. The molecule has 0 aromatic carbocycles. The van der Waals surface area contributed by atoms with E-state index in [1.54, 1.807) is 0 Å². The molecule has 1 atom stereocenters.